The van der Waals surface area contributed by atoms with Crippen molar-refractivity contribution in [2.24, 2.45) is 11.3 Å². The second-order valence-corrected chi connectivity index (χ2v) is 18.1. The molecule has 2 heteroatoms. The predicted octanol–water partition coefficient (Wildman–Crippen LogP) is 19.2. The normalized spacial score (nSPS) is 13.4. The molecule has 0 saturated heterocycles. The van der Waals surface area contributed by atoms with E-state index in [0.717, 1.165) is 57.3 Å². The highest BCUT2D eigenvalue weighted by Crippen LogP contribution is 2.38. The van der Waals surface area contributed by atoms with Gasteiger partial charge in [0.1, 0.15) is 0 Å². The topological polar surface area (TPSA) is 37.3 Å². The van der Waals surface area contributed by atoms with Gasteiger partial charge in [-0.2, -0.15) is 0 Å². The molecule has 0 atom stereocenters. The lowest BCUT2D eigenvalue weighted by Gasteiger charge is -2.30. The molecule has 1 N–H and O–H groups in total. The highest BCUT2D eigenvalue weighted by molar-refractivity contribution is 5.74. The highest BCUT2D eigenvalue weighted by Gasteiger charge is 2.36. The largest absolute Gasteiger partial charge is 0.481 e. The van der Waals surface area contributed by atoms with Crippen molar-refractivity contribution in [1.29, 1.82) is 0 Å². The minimum absolute atomic E-state index is 0.500. The van der Waals surface area contributed by atoms with Crippen molar-refractivity contribution >= 4 is 5.97 Å². The van der Waals surface area contributed by atoms with Crippen LogP contribution in [0.3, 0.4) is 0 Å². The lowest BCUT2D eigenvalue weighted by atomic mass is 9.74. The van der Waals surface area contributed by atoms with E-state index in [9.17, 15) is 9.90 Å². The molecule has 328 valence electrons. The van der Waals surface area contributed by atoms with Crippen LogP contribution in [0.1, 0.15) is 278 Å². The number of carboxylic acids is 1. The van der Waals surface area contributed by atoms with Gasteiger partial charge < -0.3 is 5.11 Å². The second kappa shape index (κ2) is 44.5. The number of aliphatic carboxylic acids is 1. The van der Waals surface area contributed by atoms with Crippen LogP contribution < -0.4 is 0 Å². The van der Waals surface area contributed by atoms with Crippen LogP contribution in [0.15, 0.2) is 48.6 Å². The summed E-state index contributed by atoms with van der Waals surface area (Å²) in [5.74, 6) is 0.345. The van der Waals surface area contributed by atoms with Gasteiger partial charge in [0.05, 0.1) is 5.41 Å². The molecule has 0 aliphatic heterocycles. The van der Waals surface area contributed by atoms with Gasteiger partial charge >= 0.3 is 5.97 Å². The lowest BCUT2D eigenvalue weighted by Crippen LogP contribution is -2.31. The average Bonchev–Trinajstić information content (AvgIpc) is 3.18. The highest BCUT2D eigenvalue weighted by atomic mass is 16.4. The van der Waals surface area contributed by atoms with Gasteiger partial charge in [0, 0.05) is 0 Å². The third-order valence-corrected chi connectivity index (χ3v) is 12.1. The van der Waals surface area contributed by atoms with Crippen molar-refractivity contribution in [3.63, 3.8) is 0 Å². The molecule has 0 unspecified atom stereocenters. The lowest BCUT2D eigenvalue weighted by molar-refractivity contribution is -0.150. The summed E-state index contributed by atoms with van der Waals surface area (Å²) in [7, 11) is 0. The van der Waals surface area contributed by atoms with E-state index in [1.54, 1.807) is 0 Å². The molecule has 0 aliphatic carbocycles. The molecule has 0 spiro atoms. The van der Waals surface area contributed by atoms with E-state index < -0.39 is 11.4 Å². The molecule has 0 amide bonds. The Hall–Kier alpha value is -1.57. The number of hydrogen-bond acceptors (Lipinski definition) is 1. The summed E-state index contributed by atoms with van der Waals surface area (Å²) in [6.07, 6.45) is 67.1. The van der Waals surface area contributed by atoms with E-state index in [-0.39, 0.29) is 0 Å². The summed E-state index contributed by atoms with van der Waals surface area (Å²) < 4.78 is 0. The van der Waals surface area contributed by atoms with Gasteiger partial charge in [-0.3, -0.25) is 4.79 Å². The molecular weight excluding hydrogens is 681 g/mol. The standard InChI is InChI=1S/C54H100O2/c1-5-7-9-11-13-15-17-19-21-23-25-29-33-37-41-45-49-54(53(55)56,51-47-43-39-35-31-27-28-32-36-40-44-48-52(3)4)50-46-42-38-34-30-26-24-22-20-18-16-14-12-10-8-6-2/h13-16,19-22,52H,5-12,17-18,23-51H2,1-4H3,(H,55,56). The van der Waals surface area contributed by atoms with Crippen molar-refractivity contribution < 1.29 is 9.90 Å². The molecule has 0 aromatic carbocycles. The summed E-state index contributed by atoms with van der Waals surface area (Å²) in [4.78, 5) is 12.9. The maximum absolute atomic E-state index is 12.9. The molecule has 0 radical (unpaired) electrons. The Morgan fingerprint density at radius 3 is 0.946 bits per heavy atom. The van der Waals surface area contributed by atoms with Crippen LogP contribution in [0.4, 0.5) is 0 Å². The molecule has 0 fully saturated rings. The van der Waals surface area contributed by atoms with E-state index in [1.807, 2.05) is 0 Å². The summed E-state index contributed by atoms with van der Waals surface area (Å²) in [5, 5.41) is 10.7. The third kappa shape index (κ3) is 39.3. The molecule has 0 aromatic rings. The van der Waals surface area contributed by atoms with Crippen molar-refractivity contribution in [3.8, 4) is 0 Å². The SMILES string of the molecule is CCCCCC=CCC=CCCCCCCCCC(CCCCCCCCC=CCC=CCCCCC)(CCCCCCCCCCCCCC(C)C)C(=O)O. The number of carbonyl (C=O) groups is 1. The summed E-state index contributed by atoms with van der Waals surface area (Å²) in [5.41, 5.74) is -0.500. The van der Waals surface area contributed by atoms with Crippen LogP contribution in [-0.2, 0) is 4.79 Å². The molecule has 0 aliphatic rings. The van der Waals surface area contributed by atoms with E-state index in [1.165, 1.54) is 199 Å². The smallest absolute Gasteiger partial charge is 0.309 e. The number of hydrogen-bond donors (Lipinski definition) is 1. The van der Waals surface area contributed by atoms with Gasteiger partial charge in [-0.25, -0.2) is 0 Å². The first-order valence-corrected chi connectivity index (χ1v) is 25.3. The Bertz CT molecular complexity index is 859. The number of carboxylic acid groups (broad SMARTS) is 1. The molecule has 0 heterocycles. The van der Waals surface area contributed by atoms with Crippen molar-refractivity contribution in [2.45, 2.75) is 278 Å². The third-order valence-electron chi connectivity index (χ3n) is 12.1. The zero-order chi connectivity index (χ0) is 40.9. The average molecular weight is 781 g/mol. The summed E-state index contributed by atoms with van der Waals surface area (Å²) in [6, 6.07) is 0. The first-order valence-electron chi connectivity index (χ1n) is 25.3. The van der Waals surface area contributed by atoms with E-state index in [0.29, 0.717) is 0 Å². The van der Waals surface area contributed by atoms with Gasteiger partial charge in [-0.15, -0.1) is 0 Å². The Morgan fingerprint density at radius 1 is 0.393 bits per heavy atom. The van der Waals surface area contributed by atoms with Crippen LogP contribution in [0.25, 0.3) is 0 Å². The van der Waals surface area contributed by atoms with Crippen LogP contribution in [-0.4, -0.2) is 11.1 Å². The zero-order valence-corrected chi connectivity index (χ0v) is 38.6. The van der Waals surface area contributed by atoms with Crippen molar-refractivity contribution in [2.75, 3.05) is 0 Å². The second-order valence-electron chi connectivity index (χ2n) is 18.1. The van der Waals surface area contributed by atoms with Gasteiger partial charge in [0.2, 0.25) is 0 Å². The molecule has 0 rings (SSSR count). The van der Waals surface area contributed by atoms with Crippen molar-refractivity contribution in [1.82, 2.24) is 0 Å². The maximum atomic E-state index is 12.9. The molecule has 56 heavy (non-hydrogen) atoms. The first kappa shape index (κ1) is 54.4. The number of allylic oxidation sites excluding steroid dienone is 8. The molecule has 2 nitrogen and oxygen atoms in total. The molecule has 0 aromatic heterocycles. The van der Waals surface area contributed by atoms with Crippen LogP contribution in [0, 0.1) is 11.3 Å². The van der Waals surface area contributed by atoms with E-state index >= 15 is 0 Å². The first-order chi connectivity index (χ1) is 27.5. The van der Waals surface area contributed by atoms with Gasteiger partial charge in [0.15, 0.2) is 0 Å². The zero-order valence-electron chi connectivity index (χ0n) is 38.6. The number of rotatable bonds is 45. The molecule has 0 bridgehead atoms. The Kier molecular flexibility index (Phi) is 43.3. The van der Waals surface area contributed by atoms with Crippen LogP contribution in [0.2, 0.25) is 0 Å². The molecular formula is C54H100O2. The maximum Gasteiger partial charge on any atom is 0.309 e. The van der Waals surface area contributed by atoms with Crippen LogP contribution >= 0.6 is 0 Å². The van der Waals surface area contributed by atoms with Gasteiger partial charge in [0.25, 0.3) is 0 Å². The Labute approximate surface area is 352 Å². The Balaban J connectivity index is 4.47. The fourth-order valence-corrected chi connectivity index (χ4v) is 8.21. The minimum atomic E-state index is -0.504. The molecule has 0 saturated carbocycles. The van der Waals surface area contributed by atoms with E-state index in [2.05, 4.69) is 76.3 Å². The fourth-order valence-electron chi connectivity index (χ4n) is 8.21. The van der Waals surface area contributed by atoms with Crippen LogP contribution in [0.5, 0.6) is 0 Å². The summed E-state index contributed by atoms with van der Waals surface area (Å²) in [6.45, 7) is 9.19. The summed E-state index contributed by atoms with van der Waals surface area (Å²) >= 11 is 0. The monoisotopic (exact) mass is 781 g/mol. The van der Waals surface area contributed by atoms with Gasteiger partial charge in [-0.05, 0) is 89.4 Å². The van der Waals surface area contributed by atoms with E-state index in [4.69, 9.17) is 0 Å². The van der Waals surface area contributed by atoms with Crippen molar-refractivity contribution in [3.05, 3.63) is 48.6 Å². The fraction of sp³-hybridized carbons (Fsp3) is 0.833. The Morgan fingerprint density at radius 2 is 0.661 bits per heavy atom. The number of unbranched alkanes of at least 4 members (excludes halogenated alkanes) is 28. The predicted molar refractivity (Wildman–Crippen MR) is 253 cm³/mol. The quantitative estimate of drug-likeness (QED) is 0.0494. The minimum Gasteiger partial charge on any atom is -0.481 e. The van der Waals surface area contributed by atoms with Gasteiger partial charge in [-0.1, -0.05) is 243 Å².